The highest BCUT2D eigenvalue weighted by atomic mass is 79.9. The fourth-order valence-corrected chi connectivity index (χ4v) is 3.75. The standard InChI is InChI=1S/C24H21BrClN3O4/c1-32-23(30)12-15-5-7-18(25)11-17(15)14-33-10-9-19-16(13-27)6-8-21(28-19)24(31)20-3-2-4-22(26)29-20/h2-8,11,24,31H,9-10,12,14H2,1H3. The molecule has 0 aliphatic rings. The second-order valence-electron chi connectivity index (χ2n) is 7.10. The Labute approximate surface area is 205 Å². The molecule has 0 fully saturated rings. The Morgan fingerprint density at radius 1 is 1.18 bits per heavy atom. The van der Waals surface area contributed by atoms with Crippen molar-refractivity contribution in [2.24, 2.45) is 0 Å². The molecule has 0 aliphatic heterocycles. The summed E-state index contributed by atoms with van der Waals surface area (Å²) in [7, 11) is 1.35. The average molecular weight is 531 g/mol. The third kappa shape index (κ3) is 6.83. The van der Waals surface area contributed by atoms with Gasteiger partial charge in [-0.15, -0.1) is 0 Å². The van der Waals surface area contributed by atoms with Gasteiger partial charge in [-0.1, -0.05) is 39.7 Å². The van der Waals surface area contributed by atoms with Crippen molar-refractivity contribution in [1.82, 2.24) is 9.97 Å². The molecule has 1 N–H and O–H groups in total. The molecule has 0 spiro atoms. The van der Waals surface area contributed by atoms with Crippen molar-refractivity contribution in [2.45, 2.75) is 25.6 Å². The van der Waals surface area contributed by atoms with E-state index in [1.807, 2.05) is 18.2 Å². The van der Waals surface area contributed by atoms with Crippen molar-refractivity contribution in [2.75, 3.05) is 13.7 Å². The molecule has 0 radical (unpaired) electrons. The van der Waals surface area contributed by atoms with E-state index >= 15 is 0 Å². The first-order valence-corrected chi connectivity index (χ1v) is 11.2. The highest BCUT2D eigenvalue weighted by molar-refractivity contribution is 9.10. The van der Waals surface area contributed by atoms with Gasteiger partial charge in [0.25, 0.3) is 0 Å². The molecule has 9 heteroatoms. The molecule has 2 aromatic heterocycles. The van der Waals surface area contributed by atoms with Crippen LogP contribution in [0.3, 0.4) is 0 Å². The van der Waals surface area contributed by atoms with E-state index in [-0.39, 0.29) is 24.2 Å². The molecule has 1 unspecified atom stereocenters. The Morgan fingerprint density at radius 3 is 2.70 bits per heavy atom. The largest absolute Gasteiger partial charge is 0.469 e. The van der Waals surface area contributed by atoms with Crippen molar-refractivity contribution in [3.63, 3.8) is 0 Å². The van der Waals surface area contributed by atoms with E-state index in [0.717, 1.165) is 15.6 Å². The Hall–Kier alpha value is -2.83. The fraction of sp³-hybridized carbons (Fsp3) is 0.250. The maximum atomic E-state index is 11.7. The number of aliphatic hydroxyl groups is 1. The van der Waals surface area contributed by atoms with Gasteiger partial charge in [-0.3, -0.25) is 9.78 Å². The van der Waals surface area contributed by atoms with E-state index in [1.165, 1.54) is 7.11 Å². The third-order valence-electron chi connectivity index (χ3n) is 4.88. The van der Waals surface area contributed by atoms with Crippen LogP contribution in [0.4, 0.5) is 0 Å². The summed E-state index contributed by atoms with van der Waals surface area (Å²) in [6, 6.07) is 15.9. The molecular weight excluding hydrogens is 510 g/mol. The molecule has 0 saturated carbocycles. The van der Waals surface area contributed by atoms with Gasteiger partial charge in [0, 0.05) is 10.9 Å². The van der Waals surface area contributed by atoms with Gasteiger partial charge < -0.3 is 14.6 Å². The number of carbonyl (C=O) groups is 1. The zero-order valence-corrected chi connectivity index (χ0v) is 20.1. The molecule has 0 amide bonds. The maximum Gasteiger partial charge on any atom is 0.309 e. The topological polar surface area (TPSA) is 105 Å². The second kappa shape index (κ2) is 11.9. The lowest BCUT2D eigenvalue weighted by molar-refractivity contribution is -0.139. The highest BCUT2D eigenvalue weighted by Gasteiger charge is 2.16. The number of ether oxygens (including phenoxy) is 2. The number of pyridine rings is 2. The molecule has 7 nitrogen and oxygen atoms in total. The molecule has 0 aliphatic carbocycles. The van der Waals surface area contributed by atoms with Gasteiger partial charge in [-0.2, -0.15) is 5.26 Å². The zero-order chi connectivity index (χ0) is 23.8. The van der Waals surface area contributed by atoms with Gasteiger partial charge in [-0.25, -0.2) is 4.98 Å². The number of carbonyl (C=O) groups excluding carboxylic acids is 1. The molecule has 0 bridgehead atoms. The SMILES string of the molecule is COC(=O)Cc1ccc(Br)cc1COCCc1nc(C(O)c2cccc(Cl)n2)ccc1C#N. The summed E-state index contributed by atoms with van der Waals surface area (Å²) in [6.45, 7) is 0.573. The van der Waals surface area contributed by atoms with Crippen LogP contribution >= 0.6 is 27.5 Å². The number of halogens is 2. The van der Waals surface area contributed by atoms with Crippen LogP contribution in [0.5, 0.6) is 0 Å². The number of esters is 1. The molecule has 170 valence electrons. The first-order chi connectivity index (χ1) is 15.9. The minimum atomic E-state index is -1.07. The molecule has 33 heavy (non-hydrogen) atoms. The van der Waals surface area contributed by atoms with Crippen LogP contribution in [0.25, 0.3) is 0 Å². The van der Waals surface area contributed by atoms with Gasteiger partial charge in [0.15, 0.2) is 0 Å². The number of aliphatic hydroxyl groups excluding tert-OH is 1. The van der Waals surface area contributed by atoms with E-state index in [0.29, 0.717) is 35.7 Å². The number of methoxy groups -OCH3 is 1. The van der Waals surface area contributed by atoms with E-state index < -0.39 is 6.10 Å². The molecule has 2 heterocycles. The molecule has 1 aromatic carbocycles. The summed E-state index contributed by atoms with van der Waals surface area (Å²) in [6.07, 6.45) is -0.550. The summed E-state index contributed by atoms with van der Waals surface area (Å²) < 4.78 is 11.4. The molecular formula is C24H21BrClN3O4. The van der Waals surface area contributed by atoms with Crippen LogP contribution in [0.15, 0.2) is 53.0 Å². The number of nitrogens with zero attached hydrogens (tertiary/aromatic N) is 3. The highest BCUT2D eigenvalue weighted by Crippen LogP contribution is 2.22. The van der Waals surface area contributed by atoms with Gasteiger partial charge in [0.2, 0.25) is 0 Å². The van der Waals surface area contributed by atoms with Gasteiger partial charge in [0.05, 0.1) is 49.4 Å². The van der Waals surface area contributed by atoms with Crippen LogP contribution in [0.1, 0.15) is 39.9 Å². The third-order valence-corrected chi connectivity index (χ3v) is 5.59. The van der Waals surface area contributed by atoms with Crippen molar-refractivity contribution >= 4 is 33.5 Å². The first kappa shape index (κ1) is 24.8. The zero-order valence-electron chi connectivity index (χ0n) is 17.8. The van der Waals surface area contributed by atoms with E-state index in [4.69, 9.17) is 21.1 Å². The molecule has 0 saturated heterocycles. The number of benzene rings is 1. The predicted molar refractivity (Wildman–Crippen MR) is 125 cm³/mol. The molecule has 3 aromatic rings. The van der Waals surface area contributed by atoms with Crippen molar-refractivity contribution < 1.29 is 19.4 Å². The second-order valence-corrected chi connectivity index (χ2v) is 8.40. The summed E-state index contributed by atoms with van der Waals surface area (Å²) in [5, 5.41) is 20.3. The van der Waals surface area contributed by atoms with Gasteiger partial charge >= 0.3 is 5.97 Å². The van der Waals surface area contributed by atoms with Crippen molar-refractivity contribution in [1.29, 1.82) is 5.26 Å². The lowest BCUT2D eigenvalue weighted by Gasteiger charge is -2.13. The smallest absolute Gasteiger partial charge is 0.309 e. The predicted octanol–water partition coefficient (Wildman–Crippen LogP) is 4.32. The number of aromatic nitrogens is 2. The number of rotatable bonds is 9. The maximum absolute atomic E-state index is 11.7. The summed E-state index contributed by atoms with van der Waals surface area (Å²) in [4.78, 5) is 20.3. The van der Waals surface area contributed by atoms with E-state index in [9.17, 15) is 15.2 Å². The van der Waals surface area contributed by atoms with Gasteiger partial charge in [0.1, 0.15) is 17.3 Å². The summed E-state index contributed by atoms with van der Waals surface area (Å²) in [5.74, 6) is -0.328. The van der Waals surface area contributed by atoms with Crippen molar-refractivity contribution in [3.05, 3.63) is 91.9 Å². The quantitative estimate of drug-likeness (QED) is 0.249. The lowest BCUT2D eigenvalue weighted by Crippen LogP contribution is -2.10. The van der Waals surface area contributed by atoms with Crippen LogP contribution in [0.2, 0.25) is 5.15 Å². The Kier molecular flexibility index (Phi) is 8.92. The van der Waals surface area contributed by atoms with E-state index in [1.54, 1.807) is 30.3 Å². The molecule has 3 rings (SSSR count). The van der Waals surface area contributed by atoms with Crippen LogP contribution in [-0.2, 0) is 33.7 Å². The van der Waals surface area contributed by atoms with E-state index in [2.05, 4.69) is 32.0 Å². The summed E-state index contributed by atoms with van der Waals surface area (Å²) in [5.41, 5.74) is 3.34. The van der Waals surface area contributed by atoms with Crippen LogP contribution in [0, 0.1) is 11.3 Å². The normalized spacial score (nSPS) is 11.6. The molecule has 1 atom stereocenters. The lowest BCUT2D eigenvalue weighted by atomic mass is 10.1. The number of nitriles is 1. The number of hydrogen-bond acceptors (Lipinski definition) is 7. The minimum Gasteiger partial charge on any atom is -0.469 e. The minimum absolute atomic E-state index is 0.153. The number of hydrogen-bond donors (Lipinski definition) is 1. The summed E-state index contributed by atoms with van der Waals surface area (Å²) >= 11 is 9.35. The Morgan fingerprint density at radius 2 is 1.97 bits per heavy atom. The van der Waals surface area contributed by atoms with Crippen molar-refractivity contribution in [3.8, 4) is 6.07 Å². The fourth-order valence-electron chi connectivity index (χ4n) is 3.17. The Balaban J connectivity index is 1.68. The van der Waals surface area contributed by atoms with Crippen LogP contribution in [-0.4, -0.2) is 34.8 Å². The average Bonchev–Trinajstić information content (AvgIpc) is 2.82. The monoisotopic (exact) mass is 529 g/mol. The first-order valence-electron chi connectivity index (χ1n) is 10.0. The van der Waals surface area contributed by atoms with Gasteiger partial charge in [-0.05, 0) is 47.5 Å². The Bertz CT molecular complexity index is 1180. The van der Waals surface area contributed by atoms with Crippen LogP contribution < -0.4 is 0 Å².